The predicted octanol–water partition coefficient (Wildman–Crippen LogP) is 3.25. The second kappa shape index (κ2) is 5.33. The molecule has 0 aliphatic heterocycles. The Morgan fingerprint density at radius 3 is 2.76 bits per heavy atom. The number of nitrogens with one attached hydrogen (secondary N) is 1. The van der Waals surface area contributed by atoms with Gasteiger partial charge in [0, 0.05) is 6.54 Å². The van der Waals surface area contributed by atoms with Gasteiger partial charge in [0.25, 0.3) is 0 Å². The fourth-order valence-corrected chi connectivity index (χ4v) is 2.67. The van der Waals surface area contributed by atoms with E-state index < -0.39 is 0 Å². The third-order valence-electron chi connectivity index (χ3n) is 3.95. The zero-order valence-electron chi connectivity index (χ0n) is 10.4. The zero-order chi connectivity index (χ0) is 12.1. The second-order valence-corrected chi connectivity index (χ2v) is 5.07. The van der Waals surface area contributed by atoms with Crippen LogP contribution < -0.4 is 5.32 Å². The van der Waals surface area contributed by atoms with Crippen molar-refractivity contribution < 1.29 is 0 Å². The standard InChI is InChI=1S/C15H20N2/c1-13-7-5-6-10-15(13,12-16)17-11-14-8-3-2-4-9-14/h2-4,8-9,13,17H,5-7,10-11H2,1H3. The topological polar surface area (TPSA) is 35.8 Å². The van der Waals surface area contributed by atoms with Gasteiger partial charge in [-0.25, -0.2) is 0 Å². The summed E-state index contributed by atoms with van der Waals surface area (Å²) in [5.41, 5.74) is 0.938. The fraction of sp³-hybridized carbons (Fsp3) is 0.533. The van der Waals surface area contributed by atoms with E-state index in [4.69, 9.17) is 0 Å². The SMILES string of the molecule is CC1CCCCC1(C#N)NCc1ccccc1. The Labute approximate surface area is 104 Å². The van der Waals surface area contributed by atoms with E-state index >= 15 is 0 Å². The van der Waals surface area contributed by atoms with Crippen LogP contribution in [0.1, 0.15) is 38.2 Å². The van der Waals surface area contributed by atoms with Crippen molar-refractivity contribution in [3.63, 3.8) is 0 Å². The monoisotopic (exact) mass is 228 g/mol. The van der Waals surface area contributed by atoms with Gasteiger partial charge in [0.1, 0.15) is 5.54 Å². The minimum atomic E-state index is -0.311. The third-order valence-corrected chi connectivity index (χ3v) is 3.95. The van der Waals surface area contributed by atoms with Crippen LogP contribution in [0.2, 0.25) is 0 Å². The normalized spacial score (nSPS) is 28.6. The van der Waals surface area contributed by atoms with Gasteiger partial charge in [0.2, 0.25) is 0 Å². The summed E-state index contributed by atoms with van der Waals surface area (Å²) in [7, 11) is 0. The van der Waals surface area contributed by atoms with Crippen molar-refractivity contribution in [2.75, 3.05) is 0 Å². The van der Waals surface area contributed by atoms with Crippen molar-refractivity contribution in [3.05, 3.63) is 35.9 Å². The van der Waals surface area contributed by atoms with Gasteiger partial charge in [0.05, 0.1) is 6.07 Å². The van der Waals surface area contributed by atoms with Crippen molar-refractivity contribution in [1.82, 2.24) is 5.32 Å². The lowest BCUT2D eigenvalue weighted by Gasteiger charge is -2.37. The smallest absolute Gasteiger partial charge is 0.109 e. The van der Waals surface area contributed by atoms with Crippen LogP contribution in [0.25, 0.3) is 0 Å². The van der Waals surface area contributed by atoms with Crippen LogP contribution in [0, 0.1) is 17.2 Å². The van der Waals surface area contributed by atoms with Crippen LogP contribution in [-0.4, -0.2) is 5.54 Å². The Kier molecular flexibility index (Phi) is 3.81. The molecular weight excluding hydrogens is 208 g/mol. The van der Waals surface area contributed by atoms with Gasteiger partial charge in [-0.15, -0.1) is 0 Å². The molecule has 1 aromatic rings. The van der Waals surface area contributed by atoms with E-state index in [2.05, 4.69) is 30.4 Å². The highest BCUT2D eigenvalue weighted by molar-refractivity contribution is 5.17. The van der Waals surface area contributed by atoms with E-state index in [1.165, 1.54) is 18.4 Å². The number of rotatable bonds is 3. The molecule has 0 bridgehead atoms. The van der Waals surface area contributed by atoms with E-state index in [1.807, 2.05) is 18.2 Å². The highest BCUT2D eigenvalue weighted by Gasteiger charge is 2.37. The molecule has 0 amide bonds. The van der Waals surface area contributed by atoms with Crippen LogP contribution in [0.15, 0.2) is 30.3 Å². The van der Waals surface area contributed by atoms with Crippen molar-refractivity contribution in [2.45, 2.75) is 44.7 Å². The van der Waals surface area contributed by atoms with Gasteiger partial charge in [-0.3, -0.25) is 5.32 Å². The van der Waals surface area contributed by atoms with Gasteiger partial charge < -0.3 is 0 Å². The third kappa shape index (κ3) is 2.68. The van der Waals surface area contributed by atoms with Crippen LogP contribution in [-0.2, 0) is 6.54 Å². The summed E-state index contributed by atoms with van der Waals surface area (Å²) < 4.78 is 0. The summed E-state index contributed by atoms with van der Waals surface area (Å²) in [5.74, 6) is 0.449. The van der Waals surface area contributed by atoms with Gasteiger partial charge >= 0.3 is 0 Å². The maximum absolute atomic E-state index is 9.48. The first-order chi connectivity index (χ1) is 8.27. The molecule has 0 radical (unpaired) electrons. The summed E-state index contributed by atoms with van der Waals surface area (Å²) >= 11 is 0. The molecule has 2 heteroatoms. The molecule has 1 aliphatic carbocycles. The molecule has 1 N–H and O–H groups in total. The fourth-order valence-electron chi connectivity index (χ4n) is 2.67. The minimum absolute atomic E-state index is 0.311. The Morgan fingerprint density at radius 1 is 1.35 bits per heavy atom. The summed E-state index contributed by atoms with van der Waals surface area (Å²) in [6, 6.07) is 12.8. The average Bonchev–Trinajstić information content (AvgIpc) is 2.39. The molecule has 2 rings (SSSR count). The average molecular weight is 228 g/mol. The number of hydrogen-bond donors (Lipinski definition) is 1. The number of nitrogens with zero attached hydrogens (tertiary/aromatic N) is 1. The second-order valence-electron chi connectivity index (χ2n) is 5.07. The Balaban J connectivity index is 2.03. The number of nitriles is 1. The molecule has 0 saturated heterocycles. The summed E-state index contributed by atoms with van der Waals surface area (Å²) in [5, 5.41) is 13.0. The number of benzene rings is 1. The molecule has 0 aromatic heterocycles. The quantitative estimate of drug-likeness (QED) is 0.862. The summed E-state index contributed by atoms with van der Waals surface area (Å²) in [6.45, 7) is 2.99. The summed E-state index contributed by atoms with van der Waals surface area (Å²) in [4.78, 5) is 0. The zero-order valence-corrected chi connectivity index (χ0v) is 10.4. The Bertz CT molecular complexity index is 393. The molecule has 17 heavy (non-hydrogen) atoms. The van der Waals surface area contributed by atoms with E-state index in [1.54, 1.807) is 0 Å². The largest absolute Gasteiger partial charge is 0.295 e. The summed E-state index contributed by atoms with van der Waals surface area (Å²) in [6.07, 6.45) is 4.57. The van der Waals surface area contributed by atoms with Crippen molar-refractivity contribution in [3.8, 4) is 6.07 Å². The van der Waals surface area contributed by atoms with Crippen LogP contribution in [0.3, 0.4) is 0 Å². The molecule has 2 nitrogen and oxygen atoms in total. The predicted molar refractivity (Wildman–Crippen MR) is 69.3 cm³/mol. The van der Waals surface area contributed by atoms with Crippen LogP contribution >= 0.6 is 0 Å². The van der Waals surface area contributed by atoms with Crippen LogP contribution in [0.4, 0.5) is 0 Å². The lowest BCUT2D eigenvalue weighted by atomic mass is 9.74. The van der Waals surface area contributed by atoms with Crippen molar-refractivity contribution in [1.29, 1.82) is 5.26 Å². The van der Waals surface area contributed by atoms with Gasteiger partial charge in [-0.1, -0.05) is 50.1 Å². The molecule has 1 aromatic carbocycles. The van der Waals surface area contributed by atoms with Gasteiger partial charge in [0.15, 0.2) is 0 Å². The molecule has 1 aliphatic rings. The highest BCUT2D eigenvalue weighted by atomic mass is 15.0. The van der Waals surface area contributed by atoms with Crippen molar-refractivity contribution in [2.24, 2.45) is 5.92 Å². The number of hydrogen-bond acceptors (Lipinski definition) is 2. The van der Waals surface area contributed by atoms with E-state index in [0.29, 0.717) is 5.92 Å². The van der Waals surface area contributed by atoms with E-state index in [0.717, 1.165) is 19.4 Å². The first-order valence-electron chi connectivity index (χ1n) is 6.47. The maximum atomic E-state index is 9.48. The molecule has 1 saturated carbocycles. The lowest BCUT2D eigenvalue weighted by Crippen LogP contribution is -2.50. The first kappa shape index (κ1) is 12.1. The molecule has 0 heterocycles. The van der Waals surface area contributed by atoms with Crippen molar-refractivity contribution >= 4 is 0 Å². The highest BCUT2D eigenvalue weighted by Crippen LogP contribution is 2.33. The van der Waals surface area contributed by atoms with Gasteiger partial charge in [-0.2, -0.15) is 5.26 Å². The first-order valence-corrected chi connectivity index (χ1v) is 6.47. The van der Waals surface area contributed by atoms with Gasteiger partial charge in [-0.05, 0) is 24.3 Å². The molecule has 1 fully saturated rings. The molecule has 2 atom stereocenters. The van der Waals surface area contributed by atoms with E-state index in [-0.39, 0.29) is 5.54 Å². The van der Waals surface area contributed by atoms with E-state index in [9.17, 15) is 5.26 Å². The molecule has 90 valence electrons. The minimum Gasteiger partial charge on any atom is -0.295 e. The Morgan fingerprint density at radius 2 is 2.12 bits per heavy atom. The molecule has 0 spiro atoms. The van der Waals surface area contributed by atoms with Crippen LogP contribution in [0.5, 0.6) is 0 Å². The molecular formula is C15H20N2. The maximum Gasteiger partial charge on any atom is 0.109 e. The molecule has 2 unspecified atom stereocenters. The lowest BCUT2D eigenvalue weighted by molar-refractivity contribution is 0.210. The Hall–Kier alpha value is -1.33.